The van der Waals surface area contributed by atoms with Crippen LogP contribution in [-0.2, 0) is 0 Å². The molecule has 0 amide bonds. The number of fused-ring (bicyclic) bond motifs is 4. The number of aromatic nitrogens is 2. The van der Waals surface area contributed by atoms with Crippen molar-refractivity contribution in [2.24, 2.45) is 0 Å². The van der Waals surface area contributed by atoms with Crippen molar-refractivity contribution in [3.05, 3.63) is 48.5 Å². The number of H-pyrrole nitrogens is 1. The summed E-state index contributed by atoms with van der Waals surface area (Å²) in [4.78, 5) is 8.15. The predicted octanol–water partition coefficient (Wildman–Crippen LogP) is 3.88. The zero-order valence-electron chi connectivity index (χ0n) is 10.5. The first-order valence-electron chi connectivity index (χ1n) is 6.20. The molecule has 0 aliphatic carbocycles. The molecule has 2 aromatic heterocycles. The Balaban J connectivity index is 2.15. The van der Waals surface area contributed by atoms with Gasteiger partial charge >= 0.3 is 0 Å². The standard InChI is InChI=1S/C16H12N2O/c1-19-11-6-7-12-14(9-11)17-15-8-10-4-2-3-5-13(10)18-16(12)15/h2-9,17H,1H3. The van der Waals surface area contributed by atoms with E-state index in [1.165, 1.54) is 0 Å². The molecule has 0 spiro atoms. The molecular formula is C16H12N2O. The lowest BCUT2D eigenvalue weighted by Gasteiger charge is -1.98. The third kappa shape index (κ3) is 1.48. The normalized spacial score (nSPS) is 11.4. The van der Waals surface area contributed by atoms with Crippen molar-refractivity contribution in [1.29, 1.82) is 0 Å². The lowest BCUT2D eigenvalue weighted by atomic mass is 10.2. The summed E-state index contributed by atoms with van der Waals surface area (Å²) in [5.74, 6) is 0.851. The molecule has 19 heavy (non-hydrogen) atoms. The Morgan fingerprint density at radius 2 is 1.89 bits per heavy atom. The molecule has 3 nitrogen and oxygen atoms in total. The second kappa shape index (κ2) is 3.72. The van der Waals surface area contributed by atoms with Crippen molar-refractivity contribution >= 4 is 32.8 Å². The quantitative estimate of drug-likeness (QED) is 0.555. The van der Waals surface area contributed by atoms with Crippen molar-refractivity contribution in [1.82, 2.24) is 9.97 Å². The van der Waals surface area contributed by atoms with E-state index in [-0.39, 0.29) is 0 Å². The molecule has 92 valence electrons. The minimum atomic E-state index is 0.851. The van der Waals surface area contributed by atoms with Gasteiger partial charge in [-0.3, -0.25) is 0 Å². The van der Waals surface area contributed by atoms with Gasteiger partial charge in [0.2, 0.25) is 0 Å². The molecule has 4 aromatic rings. The van der Waals surface area contributed by atoms with Crippen LogP contribution in [0.3, 0.4) is 0 Å². The summed E-state index contributed by atoms with van der Waals surface area (Å²) in [6, 6.07) is 16.3. The van der Waals surface area contributed by atoms with E-state index in [0.717, 1.165) is 38.6 Å². The van der Waals surface area contributed by atoms with Gasteiger partial charge in [-0.15, -0.1) is 0 Å². The van der Waals surface area contributed by atoms with Gasteiger partial charge in [-0.05, 0) is 24.3 Å². The SMILES string of the molecule is COc1ccc2c(c1)[nH]c1cc3ccccc3nc12. The van der Waals surface area contributed by atoms with Crippen LogP contribution in [0.4, 0.5) is 0 Å². The maximum Gasteiger partial charge on any atom is 0.120 e. The predicted molar refractivity (Wildman–Crippen MR) is 77.7 cm³/mol. The summed E-state index contributed by atoms with van der Waals surface area (Å²) >= 11 is 0. The number of nitrogens with one attached hydrogen (secondary N) is 1. The van der Waals surface area contributed by atoms with Crippen LogP contribution in [0.25, 0.3) is 32.8 Å². The number of hydrogen-bond donors (Lipinski definition) is 1. The van der Waals surface area contributed by atoms with Crippen LogP contribution in [0.5, 0.6) is 5.75 Å². The molecule has 1 N–H and O–H groups in total. The Bertz CT molecular complexity index is 908. The lowest BCUT2D eigenvalue weighted by molar-refractivity contribution is 0.415. The molecule has 2 heterocycles. The molecule has 0 saturated heterocycles. The van der Waals surface area contributed by atoms with Gasteiger partial charge in [0.15, 0.2) is 0 Å². The van der Waals surface area contributed by atoms with E-state index in [2.05, 4.69) is 23.2 Å². The molecular weight excluding hydrogens is 236 g/mol. The van der Waals surface area contributed by atoms with Crippen molar-refractivity contribution < 1.29 is 4.74 Å². The van der Waals surface area contributed by atoms with E-state index in [9.17, 15) is 0 Å². The molecule has 0 radical (unpaired) electrons. The maximum atomic E-state index is 5.26. The summed E-state index contributed by atoms with van der Waals surface area (Å²) in [5, 5.41) is 2.27. The highest BCUT2D eigenvalue weighted by atomic mass is 16.5. The van der Waals surface area contributed by atoms with E-state index in [4.69, 9.17) is 9.72 Å². The van der Waals surface area contributed by atoms with Crippen molar-refractivity contribution in [3.63, 3.8) is 0 Å². The molecule has 0 atom stereocenters. The number of benzene rings is 2. The molecule has 0 unspecified atom stereocenters. The van der Waals surface area contributed by atoms with Crippen LogP contribution in [-0.4, -0.2) is 17.1 Å². The van der Waals surface area contributed by atoms with Crippen LogP contribution in [0.1, 0.15) is 0 Å². The average Bonchev–Trinajstić information content (AvgIpc) is 2.81. The topological polar surface area (TPSA) is 37.9 Å². The number of methoxy groups -OCH3 is 1. The monoisotopic (exact) mass is 248 g/mol. The molecule has 0 aliphatic rings. The zero-order chi connectivity index (χ0) is 12.8. The lowest BCUT2D eigenvalue weighted by Crippen LogP contribution is -1.81. The van der Waals surface area contributed by atoms with E-state index >= 15 is 0 Å². The molecule has 0 saturated carbocycles. The summed E-state index contributed by atoms with van der Waals surface area (Å²) < 4.78 is 5.26. The smallest absolute Gasteiger partial charge is 0.120 e. The summed E-state index contributed by atoms with van der Waals surface area (Å²) in [6.45, 7) is 0. The van der Waals surface area contributed by atoms with Gasteiger partial charge in [0.1, 0.15) is 5.75 Å². The minimum Gasteiger partial charge on any atom is -0.497 e. The number of rotatable bonds is 1. The van der Waals surface area contributed by atoms with Crippen LogP contribution >= 0.6 is 0 Å². The second-order valence-corrected chi connectivity index (χ2v) is 4.61. The van der Waals surface area contributed by atoms with Crippen molar-refractivity contribution in [2.45, 2.75) is 0 Å². The van der Waals surface area contributed by atoms with Crippen molar-refractivity contribution in [3.8, 4) is 5.75 Å². The molecule has 4 rings (SSSR count). The van der Waals surface area contributed by atoms with Gasteiger partial charge in [0.05, 0.1) is 29.2 Å². The van der Waals surface area contributed by atoms with Crippen LogP contribution in [0.15, 0.2) is 48.5 Å². The molecule has 0 bridgehead atoms. The Labute approximate surface area is 109 Å². The fourth-order valence-corrected chi connectivity index (χ4v) is 2.52. The average molecular weight is 248 g/mol. The molecule has 0 aliphatic heterocycles. The van der Waals surface area contributed by atoms with Gasteiger partial charge in [-0.1, -0.05) is 18.2 Å². The second-order valence-electron chi connectivity index (χ2n) is 4.61. The van der Waals surface area contributed by atoms with E-state index in [0.29, 0.717) is 0 Å². The number of ether oxygens (including phenoxy) is 1. The fraction of sp³-hybridized carbons (Fsp3) is 0.0625. The van der Waals surface area contributed by atoms with Crippen LogP contribution in [0.2, 0.25) is 0 Å². The number of para-hydroxylation sites is 1. The Morgan fingerprint density at radius 1 is 1.00 bits per heavy atom. The van der Waals surface area contributed by atoms with E-state index in [1.807, 2.05) is 30.3 Å². The number of aromatic amines is 1. The molecule has 2 aromatic carbocycles. The highest BCUT2D eigenvalue weighted by Gasteiger charge is 2.07. The first-order chi connectivity index (χ1) is 9.35. The molecule has 3 heteroatoms. The highest BCUT2D eigenvalue weighted by molar-refractivity contribution is 6.08. The summed E-state index contributed by atoms with van der Waals surface area (Å²) in [6.07, 6.45) is 0. The first kappa shape index (κ1) is 10.4. The highest BCUT2D eigenvalue weighted by Crippen LogP contribution is 2.29. The number of pyridine rings is 1. The molecule has 0 fully saturated rings. The largest absolute Gasteiger partial charge is 0.497 e. The van der Waals surface area contributed by atoms with Gasteiger partial charge in [-0.25, -0.2) is 4.98 Å². The van der Waals surface area contributed by atoms with Crippen LogP contribution < -0.4 is 4.74 Å². The number of nitrogens with zero attached hydrogens (tertiary/aromatic N) is 1. The summed E-state index contributed by atoms with van der Waals surface area (Å²) in [5.41, 5.74) is 4.14. The van der Waals surface area contributed by atoms with Crippen molar-refractivity contribution in [2.75, 3.05) is 7.11 Å². The fourth-order valence-electron chi connectivity index (χ4n) is 2.52. The van der Waals surface area contributed by atoms with Crippen LogP contribution in [0, 0.1) is 0 Å². The van der Waals surface area contributed by atoms with Gasteiger partial charge in [0, 0.05) is 16.8 Å². The van der Waals surface area contributed by atoms with Gasteiger partial charge in [-0.2, -0.15) is 0 Å². The third-order valence-electron chi connectivity index (χ3n) is 3.48. The maximum absolute atomic E-state index is 5.26. The first-order valence-corrected chi connectivity index (χ1v) is 6.20. The number of hydrogen-bond acceptors (Lipinski definition) is 2. The third-order valence-corrected chi connectivity index (χ3v) is 3.48. The van der Waals surface area contributed by atoms with Gasteiger partial charge in [0.25, 0.3) is 0 Å². The van der Waals surface area contributed by atoms with E-state index in [1.54, 1.807) is 7.11 Å². The van der Waals surface area contributed by atoms with Gasteiger partial charge < -0.3 is 9.72 Å². The summed E-state index contributed by atoms with van der Waals surface area (Å²) in [7, 11) is 1.68. The Morgan fingerprint density at radius 3 is 2.79 bits per heavy atom. The Kier molecular flexibility index (Phi) is 2.03. The van der Waals surface area contributed by atoms with E-state index < -0.39 is 0 Å². The minimum absolute atomic E-state index is 0.851. The Hall–Kier alpha value is -2.55. The zero-order valence-corrected chi connectivity index (χ0v) is 10.5.